The molecule has 0 aliphatic rings. The third-order valence-electron chi connectivity index (χ3n) is 2.72. The van der Waals surface area contributed by atoms with E-state index in [1.54, 1.807) is 12.5 Å². The maximum Gasteiger partial charge on any atom is 0.224 e. The van der Waals surface area contributed by atoms with Crippen molar-refractivity contribution in [3.8, 4) is 5.69 Å². The van der Waals surface area contributed by atoms with Crippen LogP contribution < -0.4 is 5.32 Å². The summed E-state index contributed by atoms with van der Waals surface area (Å²) in [6.07, 6.45) is 7.80. The second-order valence-corrected chi connectivity index (χ2v) is 4.14. The first kappa shape index (κ1) is 12.4. The van der Waals surface area contributed by atoms with E-state index in [2.05, 4.69) is 17.2 Å². The molecule has 0 spiro atoms. The number of para-hydroxylation sites is 2. The molecule has 18 heavy (non-hydrogen) atoms. The van der Waals surface area contributed by atoms with E-state index in [1.807, 2.05) is 35.0 Å². The minimum absolute atomic E-state index is 0.0596. The molecule has 1 amide bonds. The summed E-state index contributed by atoms with van der Waals surface area (Å²) in [5.74, 6) is 0.0596. The number of benzene rings is 1. The number of imidazole rings is 1. The summed E-state index contributed by atoms with van der Waals surface area (Å²) >= 11 is 0. The van der Waals surface area contributed by atoms with Crippen molar-refractivity contribution in [2.75, 3.05) is 5.32 Å². The molecule has 0 aliphatic heterocycles. The number of aromatic nitrogens is 2. The summed E-state index contributed by atoms with van der Waals surface area (Å²) in [4.78, 5) is 15.8. The summed E-state index contributed by atoms with van der Waals surface area (Å²) in [5, 5.41) is 2.95. The van der Waals surface area contributed by atoms with E-state index in [-0.39, 0.29) is 5.91 Å². The molecule has 1 aromatic heterocycles. The summed E-state index contributed by atoms with van der Waals surface area (Å²) in [6, 6.07) is 7.71. The van der Waals surface area contributed by atoms with Gasteiger partial charge in [-0.2, -0.15) is 0 Å². The number of amides is 1. The minimum atomic E-state index is 0.0596. The lowest BCUT2D eigenvalue weighted by Gasteiger charge is -2.11. The van der Waals surface area contributed by atoms with Crippen molar-refractivity contribution in [2.24, 2.45) is 0 Å². The van der Waals surface area contributed by atoms with E-state index in [4.69, 9.17) is 0 Å². The molecule has 4 heteroatoms. The first-order valence-electron chi connectivity index (χ1n) is 6.18. The van der Waals surface area contributed by atoms with E-state index in [0.29, 0.717) is 6.42 Å². The molecule has 0 fully saturated rings. The van der Waals surface area contributed by atoms with E-state index in [1.165, 1.54) is 0 Å². The van der Waals surface area contributed by atoms with E-state index in [9.17, 15) is 4.79 Å². The number of carbonyl (C=O) groups is 1. The topological polar surface area (TPSA) is 46.9 Å². The monoisotopic (exact) mass is 243 g/mol. The molecule has 0 saturated heterocycles. The zero-order chi connectivity index (χ0) is 12.8. The first-order valence-corrected chi connectivity index (χ1v) is 6.18. The Kier molecular flexibility index (Phi) is 4.12. The van der Waals surface area contributed by atoms with Gasteiger partial charge in [0, 0.05) is 18.8 Å². The fraction of sp³-hybridized carbons (Fsp3) is 0.286. The number of hydrogen-bond donors (Lipinski definition) is 1. The van der Waals surface area contributed by atoms with Crippen LogP contribution in [0.15, 0.2) is 43.0 Å². The Morgan fingerprint density at radius 3 is 2.94 bits per heavy atom. The molecule has 1 N–H and O–H groups in total. The Balaban J connectivity index is 2.16. The smallest absolute Gasteiger partial charge is 0.224 e. The molecule has 94 valence electrons. The third kappa shape index (κ3) is 2.97. The fourth-order valence-corrected chi connectivity index (χ4v) is 1.76. The lowest BCUT2D eigenvalue weighted by atomic mass is 10.2. The van der Waals surface area contributed by atoms with Crippen LogP contribution >= 0.6 is 0 Å². The molecule has 4 nitrogen and oxygen atoms in total. The highest BCUT2D eigenvalue weighted by Crippen LogP contribution is 2.19. The molecule has 0 bridgehead atoms. The Morgan fingerprint density at radius 1 is 1.39 bits per heavy atom. The quantitative estimate of drug-likeness (QED) is 0.877. The number of nitrogens with zero attached hydrogens (tertiary/aromatic N) is 2. The van der Waals surface area contributed by atoms with Crippen molar-refractivity contribution < 1.29 is 4.79 Å². The van der Waals surface area contributed by atoms with Gasteiger partial charge in [0.15, 0.2) is 0 Å². The molecular weight excluding hydrogens is 226 g/mol. The van der Waals surface area contributed by atoms with Gasteiger partial charge in [-0.1, -0.05) is 25.5 Å². The highest BCUT2D eigenvalue weighted by atomic mass is 16.1. The molecule has 0 radical (unpaired) electrons. The van der Waals surface area contributed by atoms with Crippen molar-refractivity contribution in [1.82, 2.24) is 9.55 Å². The van der Waals surface area contributed by atoms with Crippen LogP contribution in [0.5, 0.6) is 0 Å². The Labute approximate surface area is 107 Å². The number of hydrogen-bond acceptors (Lipinski definition) is 2. The SMILES string of the molecule is CCCCC(=O)Nc1ccccc1-n1ccnc1. The first-order chi connectivity index (χ1) is 8.81. The van der Waals surface area contributed by atoms with Gasteiger partial charge in [-0.15, -0.1) is 0 Å². The number of nitrogens with one attached hydrogen (secondary N) is 1. The van der Waals surface area contributed by atoms with Crippen LogP contribution in [0, 0.1) is 0 Å². The van der Waals surface area contributed by atoms with Gasteiger partial charge in [-0.05, 0) is 18.6 Å². The van der Waals surface area contributed by atoms with Gasteiger partial charge >= 0.3 is 0 Å². The maximum absolute atomic E-state index is 11.8. The second kappa shape index (κ2) is 6.00. The van der Waals surface area contributed by atoms with Crippen molar-refractivity contribution >= 4 is 11.6 Å². The molecule has 2 aromatic rings. The number of rotatable bonds is 5. The minimum Gasteiger partial charge on any atom is -0.324 e. The number of unbranched alkanes of at least 4 members (excludes halogenated alkanes) is 1. The largest absolute Gasteiger partial charge is 0.324 e. The predicted octanol–water partition coefficient (Wildman–Crippen LogP) is 3.00. The average molecular weight is 243 g/mol. The van der Waals surface area contributed by atoms with Crippen molar-refractivity contribution in [2.45, 2.75) is 26.2 Å². The lowest BCUT2D eigenvalue weighted by molar-refractivity contribution is -0.116. The Morgan fingerprint density at radius 2 is 2.22 bits per heavy atom. The van der Waals surface area contributed by atoms with Gasteiger partial charge in [-0.25, -0.2) is 4.98 Å². The van der Waals surface area contributed by atoms with Crippen LogP contribution in [-0.4, -0.2) is 15.5 Å². The van der Waals surface area contributed by atoms with Gasteiger partial charge in [0.25, 0.3) is 0 Å². The summed E-state index contributed by atoms with van der Waals surface area (Å²) < 4.78 is 1.88. The molecule has 1 heterocycles. The molecular formula is C14H17N3O. The van der Waals surface area contributed by atoms with Gasteiger partial charge in [0.2, 0.25) is 5.91 Å². The van der Waals surface area contributed by atoms with Crippen LogP contribution in [-0.2, 0) is 4.79 Å². The Bertz CT molecular complexity index is 506. The van der Waals surface area contributed by atoms with Crippen molar-refractivity contribution in [3.05, 3.63) is 43.0 Å². The summed E-state index contributed by atoms with van der Waals surface area (Å²) in [6.45, 7) is 2.08. The van der Waals surface area contributed by atoms with E-state index in [0.717, 1.165) is 24.2 Å². The van der Waals surface area contributed by atoms with Gasteiger partial charge < -0.3 is 9.88 Å². The van der Waals surface area contributed by atoms with Crippen LogP contribution in [0.2, 0.25) is 0 Å². The normalized spacial score (nSPS) is 10.3. The zero-order valence-electron chi connectivity index (χ0n) is 10.5. The summed E-state index contributed by atoms with van der Waals surface area (Å²) in [5.41, 5.74) is 1.75. The van der Waals surface area contributed by atoms with E-state index >= 15 is 0 Å². The summed E-state index contributed by atoms with van der Waals surface area (Å²) in [7, 11) is 0. The number of carbonyl (C=O) groups excluding carboxylic acids is 1. The van der Waals surface area contributed by atoms with Crippen LogP contribution in [0.1, 0.15) is 26.2 Å². The fourth-order valence-electron chi connectivity index (χ4n) is 1.76. The molecule has 0 saturated carbocycles. The van der Waals surface area contributed by atoms with Crippen LogP contribution in [0.3, 0.4) is 0 Å². The van der Waals surface area contributed by atoms with Crippen molar-refractivity contribution in [1.29, 1.82) is 0 Å². The maximum atomic E-state index is 11.8. The average Bonchev–Trinajstić information content (AvgIpc) is 2.91. The highest BCUT2D eigenvalue weighted by molar-refractivity contribution is 5.92. The van der Waals surface area contributed by atoms with Gasteiger partial charge in [-0.3, -0.25) is 4.79 Å². The second-order valence-electron chi connectivity index (χ2n) is 4.14. The molecule has 0 atom stereocenters. The van der Waals surface area contributed by atoms with Gasteiger partial charge in [0.05, 0.1) is 17.7 Å². The van der Waals surface area contributed by atoms with Crippen LogP contribution in [0.25, 0.3) is 5.69 Å². The molecule has 1 aromatic carbocycles. The predicted molar refractivity (Wildman–Crippen MR) is 71.7 cm³/mol. The van der Waals surface area contributed by atoms with Crippen molar-refractivity contribution in [3.63, 3.8) is 0 Å². The number of anilines is 1. The zero-order valence-corrected chi connectivity index (χ0v) is 10.5. The third-order valence-corrected chi connectivity index (χ3v) is 2.72. The molecule has 2 rings (SSSR count). The highest BCUT2D eigenvalue weighted by Gasteiger charge is 2.06. The van der Waals surface area contributed by atoms with Gasteiger partial charge in [0.1, 0.15) is 0 Å². The Hall–Kier alpha value is -2.10. The molecule has 0 aliphatic carbocycles. The standard InChI is InChI=1S/C14H17N3O/c1-2-3-8-14(18)16-12-6-4-5-7-13(12)17-10-9-15-11-17/h4-7,9-11H,2-3,8H2,1H3,(H,16,18). The molecule has 0 unspecified atom stereocenters. The van der Waals surface area contributed by atoms with E-state index < -0.39 is 0 Å². The lowest BCUT2D eigenvalue weighted by Crippen LogP contribution is -2.12. The van der Waals surface area contributed by atoms with Crippen LogP contribution in [0.4, 0.5) is 5.69 Å².